The van der Waals surface area contributed by atoms with Crippen LogP contribution in [-0.2, 0) is 4.79 Å². The topological polar surface area (TPSA) is 110 Å². The minimum Gasteiger partial charge on any atom is -0.481 e. The molecule has 0 aromatic carbocycles. The summed E-state index contributed by atoms with van der Waals surface area (Å²) in [5.74, 6) is 0.153. The number of aryl methyl sites for hydroxylation is 2. The molecule has 0 aliphatic carbocycles. The van der Waals surface area contributed by atoms with Gasteiger partial charge in [-0.15, -0.1) is 0 Å². The van der Waals surface area contributed by atoms with E-state index in [2.05, 4.69) is 10.4 Å². The summed E-state index contributed by atoms with van der Waals surface area (Å²) in [6.07, 6.45) is 1.48. The molecule has 3 aromatic rings. The number of hydrogen-bond donors (Lipinski definition) is 2. The summed E-state index contributed by atoms with van der Waals surface area (Å²) in [5, 5.41) is 16.4. The van der Waals surface area contributed by atoms with E-state index in [-0.39, 0.29) is 24.9 Å². The van der Waals surface area contributed by atoms with E-state index in [1.54, 1.807) is 16.9 Å². The van der Waals surface area contributed by atoms with E-state index in [1.807, 2.05) is 33.8 Å². The molecule has 142 valence electrons. The molecule has 0 aliphatic rings. The number of hydrogen-bond acceptors (Lipinski definition) is 5. The van der Waals surface area contributed by atoms with E-state index in [0.717, 1.165) is 11.3 Å². The molecule has 0 radical (unpaired) electrons. The number of carbonyl (C=O) groups excluding carboxylic acids is 1. The Kier molecular flexibility index (Phi) is 4.98. The van der Waals surface area contributed by atoms with Crippen molar-refractivity contribution in [3.05, 3.63) is 35.4 Å². The number of carboxylic acid groups (broad SMARTS) is 1. The lowest BCUT2D eigenvalue weighted by Crippen LogP contribution is -2.26. The lowest BCUT2D eigenvalue weighted by atomic mass is 10.1. The number of aliphatic carboxylic acids is 1. The Balaban J connectivity index is 2.12. The third-order valence-electron chi connectivity index (χ3n) is 4.24. The molecule has 27 heavy (non-hydrogen) atoms. The molecule has 0 fully saturated rings. The van der Waals surface area contributed by atoms with Crippen LogP contribution < -0.4 is 5.32 Å². The Labute approximate surface area is 156 Å². The zero-order valence-corrected chi connectivity index (χ0v) is 15.7. The van der Waals surface area contributed by atoms with E-state index in [9.17, 15) is 9.59 Å². The van der Waals surface area contributed by atoms with Gasteiger partial charge in [0.1, 0.15) is 11.5 Å². The minimum atomic E-state index is -0.965. The second-order valence-corrected chi connectivity index (χ2v) is 6.70. The van der Waals surface area contributed by atoms with Crippen LogP contribution in [0.4, 0.5) is 0 Å². The van der Waals surface area contributed by atoms with Crippen molar-refractivity contribution in [2.45, 2.75) is 40.2 Å². The monoisotopic (exact) mass is 370 g/mol. The van der Waals surface area contributed by atoms with Crippen molar-refractivity contribution < 1.29 is 19.1 Å². The average molecular weight is 370 g/mol. The summed E-state index contributed by atoms with van der Waals surface area (Å²) in [6.45, 7) is 7.73. The first-order valence-corrected chi connectivity index (χ1v) is 8.73. The fourth-order valence-electron chi connectivity index (χ4n) is 2.99. The summed E-state index contributed by atoms with van der Waals surface area (Å²) >= 11 is 0. The molecule has 2 N–H and O–H groups in total. The minimum absolute atomic E-state index is 0.0511. The van der Waals surface area contributed by atoms with E-state index >= 15 is 0 Å². The fourth-order valence-corrected chi connectivity index (χ4v) is 2.99. The van der Waals surface area contributed by atoms with Crippen molar-refractivity contribution in [2.24, 2.45) is 0 Å². The van der Waals surface area contributed by atoms with Crippen molar-refractivity contribution >= 4 is 22.9 Å². The smallest absolute Gasteiger partial charge is 0.305 e. The van der Waals surface area contributed by atoms with Crippen LogP contribution in [0.25, 0.3) is 22.3 Å². The molecule has 3 heterocycles. The van der Waals surface area contributed by atoms with Crippen LogP contribution in [0, 0.1) is 13.8 Å². The molecular weight excluding hydrogens is 348 g/mol. The number of nitrogens with zero attached hydrogens (tertiary/aromatic N) is 3. The second-order valence-electron chi connectivity index (χ2n) is 6.70. The standard InChI is InChI=1S/C19H22N4O4/c1-10(2)23-18-15(9-21-23)14(19(26)20-6-5-17(24)25)8-16(22-18)13-7-11(3)27-12(13)4/h7-10H,5-6H2,1-4H3,(H,20,26)(H,24,25). The molecule has 0 atom stereocenters. The van der Waals surface area contributed by atoms with Crippen LogP contribution in [0.15, 0.2) is 22.7 Å². The van der Waals surface area contributed by atoms with Gasteiger partial charge in [0.25, 0.3) is 5.91 Å². The molecule has 0 spiro atoms. The van der Waals surface area contributed by atoms with Gasteiger partial charge in [-0.3, -0.25) is 9.59 Å². The number of pyridine rings is 1. The molecular formula is C19H22N4O4. The Morgan fingerprint density at radius 1 is 1.30 bits per heavy atom. The Bertz CT molecular complexity index is 1020. The van der Waals surface area contributed by atoms with Gasteiger partial charge in [-0.1, -0.05) is 0 Å². The third kappa shape index (κ3) is 3.69. The summed E-state index contributed by atoms with van der Waals surface area (Å²) in [4.78, 5) is 28.1. The first kappa shape index (κ1) is 18.6. The number of nitrogens with one attached hydrogen (secondary N) is 1. The Hall–Kier alpha value is -3.16. The molecule has 3 rings (SSSR count). The Morgan fingerprint density at radius 3 is 2.63 bits per heavy atom. The Morgan fingerprint density at radius 2 is 2.04 bits per heavy atom. The first-order chi connectivity index (χ1) is 12.8. The zero-order valence-electron chi connectivity index (χ0n) is 15.7. The first-order valence-electron chi connectivity index (χ1n) is 8.73. The van der Waals surface area contributed by atoms with Gasteiger partial charge >= 0.3 is 5.97 Å². The number of amides is 1. The highest BCUT2D eigenvalue weighted by molar-refractivity contribution is 6.06. The van der Waals surface area contributed by atoms with Crippen LogP contribution in [0.5, 0.6) is 0 Å². The molecule has 0 saturated heterocycles. The predicted octanol–water partition coefficient (Wildman–Crippen LogP) is 3.09. The summed E-state index contributed by atoms with van der Waals surface area (Å²) in [5.41, 5.74) is 2.43. The van der Waals surface area contributed by atoms with E-state index < -0.39 is 5.97 Å². The van der Waals surface area contributed by atoms with Crippen molar-refractivity contribution in [1.82, 2.24) is 20.1 Å². The van der Waals surface area contributed by atoms with Gasteiger partial charge in [-0.2, -0.15) is 5.10 Å². The second kappa shape index (κ2) is 7.22. The van der Waals surface area contributed by atoms with Gasteiger partial charge in [0.15, 0.2) is 5.65 Å². The predicted molar refractivity (Wildman–Crippen MR) is 99.7 cm³/mol. The molecule has 1 amide bonds. The SMILES string of the molecule is Cc1cc(-c2cc(C(=O)NCCC(=O)O)c3cnn(C(C)C)c3n2)c(C)o1. The number of fused-ring (bicyclic) bond motifs is 1. The van der Waals surface area contributed by atoms with Crippen LogP contribution in [0.3, 0.4) is 0 Å². The third-order valence-corrected chi connectivity index (χ3v) is 4.24. The number of furan rings is 1. The highest BCUT2D eigenvalue weighted by Crippen LogP contribution is 2.30. The number of rotatable bonds is 6. The van der Waals surface area contributed by atoms with E-state index in [4.69, 9.17) is 14.5 Å². The summed E-state index contributed by atoms with van der Waals surface area (Å²) in [6, 6.07) is 3.65. The quantitative estimate of drug-likeness (QED) is 0.690. The maximum absolute atomic E-state index is 12.7. The van der Waals surface area contributed by atoms with Gasteiger partial charge in [-0.05, 0) is 39.8 Å². The van der Waals surface area contributed by atoms with Gasteiger partial charge in [0.05, 0.1) is 29.3 Å². The highest BCUT2D eigenvalue weighted by Gasteiger charge is 2.20. The molecule has 0 bridgehead atoms. The van der Waals surface area contributed by atoms with Crippen molar-refractivity contribution in [2.75, 3.05) is 6.54 Å². The summed E-state index contributed by atoms with van der Waals surface area (Å²) in [7, 11) is 0. The maximum Gasteiger partial charge on any atom is 0.305 e. The van der Waals surface area contributed by atoms with Crippen molar-refractivity contribution in [3.63, 3.8) is 0 Å². The number of carboxylic acids is 1. The van der Waals surface area contributed by atoms with Gasteiger partial charge in [0.2, 0.25) is 0 Å². The van der Waals surface area contributed by atoms with Gasteiger partial charge in [0, 0.05) is 18.2 Å². The zero-order chi connectivity index (χ0) is 19.7. The van der Waals surface area contributed by atoms with Gasteiger partial charge < -0.3 is 14.8 Å². The fraction of sp³-hybridized carbons (Fsp3) is 0.368. The van der Waals surface area contributed by atoms with Crippen molar-refractivity contribution in [3.8, 4) is 11.3 Å². The molecule has 3 aromatic heterocycles. The molecule has 0 unspecified atom stereocenters. The molecule has 8 nitrogen and oxygen atoms in total. The maximum atomic E-state index is 12.7. The van der Waals surface area contributed by atoms with Crippen LogP contribution in [0.1, 0.15) is 48.2 Å². The molecule has 0 aliphatic heterocycles. The molecule has 0 saturated carbocycles. The highest BCUT2D eigenvalue weighted by atomic mass is 16.4. The normalized spacial score (nSPS) is 11.3. The lowest BCUT2D eigenvalue weighted by Gasteiger charge is -2.10. The largest absolute Gasteiger partial charge is 0.481 e. The van der Waals surface area contributed by atoms with Crippen LogP contribution >= 0.6 is 0 Å². The van der Waals surface area contributed by atoms with Gasteiger partial charge in [-0.25, -0.2) is 9.67 Å². The lowest BCUT2D eigenvalue weighted by molar-refractivity contribution is -0.136. The average Bonchev–Trinajstić information content (AvgIpc) is 3.16. The van der Waals surface area contributed by atoms with Crippen LogP contribution in [0.2, 0.25) is 0 Å². The van der Waals surface area contributed by atoms with Crippen molar-refractivity contribution in [1.29, 1.82) is 0 Å². The number of carbonyl (C=O) groups is 2. The number of aromatic nitrogens is 3. The van der Waals surface area contributed by atoms with Crippen LogP contribution in [-0.4, -0.2) is 38.3 Å². The van der Waals surface area contributed by atoms with E-state index in [1.165, 1.54) is 0 Å². The summed E-state index contributed by atoms with van der Waals surface area (Å²) < 4.78 is 7.36. The van der Waals surface area contributed by atoms with E-state index in [0.29, 0.717) is 28.1 Å². The molecule has 8 heteroatoms.